The Morgan fingerprint density at radius 3 is 1.74 bits per heavy atom. The largest absolute Gasteiger partial charge is 0.861 e. The lowest BCUT2D eigenvalue weighted by molar-refractivity contribution is -0.228. The summed E-state index contributed by atoms with van der Waals surface area (Å²) in [5.74, 6) is 0.679. The topological polar surface area (TPSA) is 35.4 Å². The van der Waals surface area contributed by atoms with E-state index in [1.807, 2.05) is 20.8 Å². The van der Waals surface area contributed by atoms with Crippen LogP contribution in [0.1, 0.15) is 71.4 Å². The van der Waals surface area contributed by atoms with Crippen molar-refractivity contribution in [2.45, 2.75) is 60.3 Å². The predicted molar refractivity (Wildman–Crippen MR) is 81.2 cm³/mol. The van der Waals surface area contributed by atoms with E-state index >= 15 is 0 Å². The molecule has 0 heterocycles. The second-order valence-corrected chi connectivity index (χ2v) is 6.76. The molecule has 0 radical (unpaired) electrons. The zero-order valence-electron chi connectivity index (χ0n) is 13.2. The SMILES string of the molecule is CC(C)c1cccc(C(C)C)c1N=C([O-])C(C)(C)C. The van der Waals surface area contributed by atoms with Crippen molar-refractivity contribution in [1.29, 1.82) is 0 Å². The summed E-state index contributed by atoms with van der Waals surface area (Å²) in [4.78, 5) is 4.43. The van der Waals surface area contributed by atoms with Gasteiger partial charge in [-0.25, -0.2) is 0 Å². The fraction of sp³-hybridized carbons (Fsp3) is 0.588. The van der Waals surface area contributed by atoms with E-state index in [1.54, 1.807) is 0 Å². The fourth-order valence-electron chi connectivity index (χ4n) is 1.91. The summed E-state index contributed by atoms with van der Waals surface area (Å²) in [5, 5.41) is 12.2. The molecule has 1 aromatic rings. The highest BCUT2D eigenvalue weighted by molar-refractivity contribution is 5.81. The Morgan fingerprint density at radius 2 is 1.42 bits per heavy atom. The summed E-state index contributed by atoms with van der Waals surface area (Å²) >= 11 is 0. The van der Waals surface area contributed by atoms with E-state index in [0.717, 1.165) is 16.8 Å². The molecule has 2 heteroatoms. The minimum Gasteiger partial charge on any atom is -0.861 e. The molecule has 0 aliphatic carbocycles. The summed E-state index contributed by atoms with van der Waals surface area (Å²) in [6, 6.07) is 6.21. The third-order valence-electron chi connectivity index (χ3n) is 3.20. The van der Waals surface area contributed by atoms with Crippen molar-refractivity contribution in [3.8, 4) is 0 Å². The van der Waals surface area contributed by atoms with Crippen molar-refractivity contribution in [2.24, 2.45) is 10.4 Å². The fourth-order valence-corrected chi connectivity index (χ4v) is 1.91. The van der Waals surface area contributed by atoms with Gasteiger partial charge in [0.2, 0.25) is 0 Å². The zero-order valence-corrected chi connectivity index (χ0v) is 13.2. The molecule has 0 spiro atoms. The Balaban J connectivity index is 3.46. The Kier molecular flexibility index (Phi) is 4.78. The minimum absolute atomic E-state index is 0.0532. The Hall–Kier alpha value is -1.31. The van der Waals surface area contributed by atoms with Gasteiger partial charge in [-0.2, -0.15) is 0 Å². The van der Waals surface area contributed by atoms with Gasteiger partial charge in [0, 0.05) is 0 Å². The van der Waals surface area contributed by atoms with Crippen LogP contribution in [0.2, 0.25) is 0 Å². The van der Waals surface area contributed by atoms with Gasteiger partial charge in [0.25, 0.3) is 0 Å². The summed E-state index contributed by atoms with van der Waals surface area (Å²) in [5.41, 5.74) is 2.76. The van der Waals surface area contributed by atoms with Gasteiger partial charge in [-0.05, 0) is 34.3 Å². The van der Waals surface area contributed by atoms with E-state index in [1.165, 1.54) is 0 Å². The lowest BCUT2D eigenvalue weighted by Crippen LogP contribution is -2.32. The van der Waals surface area contributed by atoms with Crippen molar-refractivity contribution in [3.05, 3.63) is 29.3 Å². The van der Waals surface area contributed by atoms with E-state index in [4.69, 9.17) is 0 Å². The second-order valence-electron chi connectivity index (χ2n) is 6.76. The molecule has 0 fully saturated rings. The van der Waals surface area contributed by atoms with Crippen LogP contribution in [0.15, 0.2) is 23.2 Å². The van der Waals surface area contributed by atoms with Crippen molar-refractivity contribution >= 4 is 11.6 Å². The number of hydrogen-bond acceptors (Lipinski definition) is 2. The summed E-state index contributed by atoms with van der Waals surface area (Å²) in [7, 11) is 0. The molecule has 0 bridgehead atoms. The molecule has 0 saturated carbocycles. The highest BCUT2D eigenvalue weighted by Crippen LogP contribution is 2.35. The molecular formula is C17H26NO-. The third-order valence-corrected chi connectivity index (χ3v) is 3.20. The highest BCUT2D eigenvalue weighted by Gasteiger charge is 2.15. The van der Waals surface area contributed by atoms with Crippen molar-refractivity contribution in [2.75, 3.05) is 0 Å². The summed E-state index contributed by atoms with van der Waals surface area (Å²) < 4.78 is 0. The molecule has 0 amide bonds. The first-order valence-corrected chi connectivity index (χ1v) is 7.03. The van der Waals surface area contributed by atoms with Crippen LogP contribution in [0.4, 0.5) is 5.69 Å². The van der Waals surface area contributed by atoms with E-state index < -0.39 is 5.41 Å². The normalized spacial score (nSPS) is 13.4. The molecule has 0 aliphatic heterocycles. The molecule has 0 saturated heterocycles. The van der Waals surface area contributed by atoms with Crippen LogP contribution in [0, 0.1) is 5.41 Å². The molecule has 19 heavy (non-hydrogen) atoms. The number of nitrogens with zero attached hydrogens (tertiary/aromatic N) is 1. The van der Waals surface area contributed by atoms with E-state index in [-0.39, 0.29) is 5.90 Å². The van der Waals surface area contributed by atoms with Crippen molar-refractivity contribution in [1.82, 2.24) is 0 Å². The van der Waals surface area contributed by atoms with Gasteiger partial charge < -0.3 is 5.11 Å². The van der Waals surface area contributed by atoms with Gasteiger partial charge in [0.1, 0.15) is 0 Å². The highest BCUT2D eigenvalue weighted by atomic mass is 16.3. The first kappa shape index (κ1) is 15.7. The summed E-state index contributed by atoms with van der Waals surface area (Å²) in [6.45, 7) is 14.3. The van der Waals surface area contributed by atoms with Crippen LogP contribution in [0.3, 0.4) is 0 Å². The molecule has 2 nitrogen and oxygen atoms in total. The number of benzene rings is 1. The maximum atomic E-state index is 12.2. The third kappa shape index (κ3) is 3.82. The molecule has 1 rings (SSSR count). The molecule has 106 valence electrons. The smallest absolute Gasteiger partial charge is 0.0687 e. The van der Waals surface area contributed by atoms with Crippen LogP contribution >= 0.6 is 0 Å². The monoisotopic (exact) mass is 260 g/mol. The van der Waals surface area contributed by atoms with E-state index in [2.05, 4.69) is 50.9 Å². The standard InChI is InChI=1S/C17H27NO/c1-11(2)13-9-8-10-14(12(3)4)15(13)18-16(19)17(5,6)7/h8-12H,1-7H3,(H,18,19)/p-1. The molecule has 1 aromatic carbocycles. The van der Waals surface area contributed by atoms with Gasteiger partial charge in [-0.1, -0.05) is 66.7 Å². The van der Waals surface area contributed by atoms with Crippen LogP contribution in [-0.2, 0) is 0 Å². The molecule has 0 unspecified atom stereocenters. The Bertz CT molecular complexity index is 438. The molecular weight excluding hydrogens is 234 g/mol. The van der Waals surface area contributed by atoms with Crippen molar-refractivity contribution < 1.29 is 5.11 Å². The van der Waals surface area contributed by atoms with Gasteiger partial charge in [-0.3, -0.25) is 4.99 Å². The average molecular weight is 260 g/mol. The van der Waals surface area contributed by atoms with Gasteiger partial charge in [-0.15, -0.1) is 0 Å². The van der Waals surface area contributed by atoms with E-state index in [0.29, 0.717) is 11.8 Å². The first-order valence-electron chi connectivity index (χ1n) is 7.03. The quantitative estimate of drug-likeness (QED) is 0.587. The van der Waals surface area contributed by atoms with Crippen molar-refractivity contribution in [3.63, 3.8) is 0 Å². The van der Waals surface area contributed by atoms with E-state index in [9.17, 15) is 5.11 Å². The Labute approximate surface area is 117 Å². The molecule has 0 aromatic heterocycles. The molecule has 0 aliphatic rings. The second kappa shape index (κ2) is 5.77. The zero-order chi connectivity index (χ0) is 14.8. The lowest BCUT2D eigenvalue weighted by atomic mass is 9.92. The van der Waals surface area contributed by atoms with Gasteiger partial charge in [0.15, 0.2) is 0 Å². The molecule has 0 atom stereocenters. The number of para-hydroxylation sites is 1. The molecule has 0 N–H and O–H groups in total. The van der Waals surface area contributed by atoms with Gasteiger partial charge in [0.05, 0.1) is 5.69 Å². The summed E-state index contributed by atoms with van der Waals surface area (Å²) in [6.07, 6.45) is 0. The number of hydrogen-bond donors (Lipinski definition) is 0. The van der Waals surface area contributed by atoms with Gasteiger partial charge >= 0.3 is 0 Å². The van der Waals surface area contributed by atoms with Crippen LogP contribution in [0.25, 0.3) is 0 Å². The minimum atomic E-state index is -0.432. The average Bonchev–Trinajstić information content (AvgIpc) is 2.27. The maximum Gasteiger partial charge on any atom is 0.0687 e. The number of aliphatic imine (C=N–C) groups is 1. The lowest BCUT2D eigenvalue weighted by Gasteiger charge is -2.27. The van der Waals surface area contributed by atoms with Crippen LogP contribution < -0.4 is 5.11 Å². The van der Waals surface area contributed by atoms with Crippen LogP contribution in [0.5, 0.6) is 0 Å². The predicted octanol–water partition coefficient (Wildman–Crippen LogP) is 4.37. The maximum absolute atomic E-state index is 12.2. The Morgan fingerprint density at radius 1 is 1.00 bits per heavy atom. The number of rotatable bonds is 3. The first-order chi connectivity index (χ1) is 8.64. The van der Waals surface area contributed by atoms with Crippen LogP contribution in [-0.4, -0.2) is 5.90 Å².